The van der Waals surface area contributed by atoms with Crippen LogP contribution in [-0.4, -0.2) is 10.7 Å². The minimum Gasteiger partial charge on any atom is -0.507 e. The van der Waals surface area contributed by atoms with Crippen molar-refractivity contribution in [2.45, 2.75) is 59.5 Å². The summed E-state index contributed by atoms with van der Waals surface area (Å²) in [6.45, 7) is 10.3. The van der Waals surface area contributed by atoms with Gasteiger partial charge in [0, 0.05) is 5.56 Å². The van der Waals surface area contributed by atoms with Gasteiger partial charge in [0.1, 0.15) is 17.1 Å². The van der Waals surface area contributed by atoms with Crippen LogP contribution in [0.4, 0.5) is 0 Å². The van der Waals surface area contributed by atoms with Gasteiger partial charge in [0.2, 0.25) is 0 Å². The van der Waals surface area contributed by atoms with Crippen molar-refractivity contribution >= 4 is 0 Å². The molecular formula is C15H22O2. The molecule has 0 amide bonds. The molecular weight excluding hydrogens is 212 g/mol. The molecule has 0 fully saturated rings. The fraction of sp³-hybridized carbons (Fsp3) is 0.600. The van der Waals surface area contributed by atoms with Gasteiger partial charge < -0.3 is 9.84 Å². The fourth-order valence-corrected chi connectivity index (χ4v) is 2.54. The molecule has 1 N–H and O–H groups in total. The Morgan fingerprint density at radius 3 is 2.41 bits per heavy atom. The summed E-state index contributed by atoms with van der Waals surface area (Å²) in [5, 5.41) is 10.1. The molecule has 0 bridgehead atoms. The number of phenolic OH excluding ortho intramolecular Hbond substituents is 1. The Balaban J connectivity index is 2.59. The Hall–Kier alpha value is -1.18. The zero-order valence-corrected chi connectivity index (χ0v) is 11.5. The van der Waals surface area contributed by atoms with E-state index in [1.807, 2.05) is 20.8 Å². The van der Waals surface area contributed by atoms with Crippen LogP contribution >= 0.6 is 0 Å². The minimum atomic E-state index is -0.0480. The lowest BCUT2D eigenvalue weighted by atomic mass is 9.86. The third kappa shape index (κ3) is 1.80. The molecule has 94 valence electrons. The number of hydrogen-bond donors (Lipinski definition) is 1. The number of ether oxygens (including phenoxy) is 1. The summed E-state index contributed by atoms with van der Waals surface area (Å²) in [6.07, 6.45) is 3.05. The predicted octanol–water partition coefficient (Wildman–Crippen LogP) is 3.81. The van der Waals surface area contributed by atoms with Gasteiger partial charge >= 0.3 is 0 Å². The molecule has 0 spiro atoms. The highest BCUT2D eigenvalue weighted by Gasteiger charge is 2.32. The Kier molecular flexibility index (Phi) is 2.84. The van der Waals surface area contributed by atoms with Crippen LogP contribution in [0.2, 0.25) is 0 Å². The first-order valence-corrected chi connectivity index (χ1v) is 6.40. The van der Waals surface area contributed by atoms with Crippen molar-refractivity contribution in [3.05, 3.63) is 22.3 Å². The van der Waals surface area contributed by atoms with Gasteiger partial charge in [-0.3, -0.25) is 0 Å². The summed E-state index contributed by atoms with van der Waals surface area (Å²) in [5.41, 5.74) is 4.16. The second kappa shape index (κ2) is 3.94. The standard InChI is InChI=1S/C15H22O2/c1-6-15(5)8-7-12-11(4)13(16)9(2)10(3)14(12)17-15/h16H,6-8H2,1-5H3/t15-/m1/s1. The summed E-state index contributed by atoms with van der Waals surface area (Å²) < 4.78 is 6.20. The van der Waals surface area contributed by atoms with Gasteiger partial charge in [-0.05, 0) is 63.6 Å². The van der Waals surface area contributed by atoms with Gasteiger partial charge in [-0.2, -0.15) is 0 Å². The average molecular weight is 234 g/mol. The van der Waals surface area contributed by atoms with Gasteiger partial charge in [0.05, 0.1) is 0 Å². The maximum absolute atomic E-state index is 10.1. The predicted molar refractivity (Wildman–Crippen MR) is 70.0 cm³/mol. The average Bonchev–Trinajstić information content (AvgIpc) is 2.33. The molecule has 1 heterocycles. The van der Waals surface area contributed by atoms with Crippen LogP contribution in [0.1, 0.15) is 48.9 Å². The largest absolute Gasteiger partial charge is 0.507 e. The van der Waals surface area contributed by atoms with Crippen molar-refractivity contribution < 1.29 is 9.84 Å². The molecule has 2 nitrogen and oxygen atoms in total. The molecule has 1 atom stereocenters. The zero-order chi connectivity index (χ0) is 12.8. The Bertz CT molecular complexity index is 463. The second-order valence-electron chi connectivity index (χ2n) is 5.44. The van der Waals surface area contributed by atoms with Crippen LogP contribution < -0.4 is 4.74 Å². The van der Waals surface area contributed by atoms with Gasteiger partial charge in [-0.1, -0.05) is 6.92 Å². The molecule has 1 aliphatic heterocycles. The van der Waals surface area contributed by atoms with Crippen LogP contribution in [0.3, 0.4) is 0 Å². The number of phenols is 1. The van der Waals surface area contributed by atoms with E-state index in [1.54, 1.807) is 0 Å². The number of aromatic hydroxyl groups is 1. The number of fused-ring (bicyclic) bond motifs is 1. The van der Waals surface area contributed by atoms with E-state index in [2.05, 4.69) is 13.8 Å². The van der Waals surface area contributed by atoms with E-state index >= 15 is 0 Å². The molecule has 17 heavy (non-hydrogen) atoms. The van der Waals surface area contributed by atoms with Crippen molar-refractivity contribution in [2.75, 3.05) is 0 Å². The molecule has 1 aliphatic rings. The van der Waals surface area contributed by atoms with Crippen molar-refractivity contribution in [3.63, 3.8) is 0 Å². The number of rotatable bonds is 1. The fourth-order valence-electron chi connectivity index (χ4n) is 2.54. The van der Waals surface area contributed by atoms with Gasteiger partial charge in [0.15, 0.2) is 0 Å². The number of benzene rings is 1. The van der Waals surface area contributed by atoms with Gasteiger partial charge in [-0.15, -0.1) is 0 Å². The molecule has 1 aromatic rings. The Labute approximate surface area is 104 Å². The summed E-state index contributed by atoms with van der Waals surface area (Å²) in [4.78, 5) is 0. The van der Waals surface area contributed by atoms with Gasteiger partial charge in [0.25, 0.3) is 0 Å². The van der Waals surface area contributed by atoms with E-state index in [0.717, 1.165) is 41.7 Å². The van der Waals surface area contributed by atoms with Crippen LogP contribution in [0.25, 0.3) is 0 Å². The highest BCUT2D eigenvalue weighted by Crippen LogP contribution is 2.43. The topological polar surface area (TPSA) is 29.5 Å². The molecule has 0 aliphatic carbocycles. The lowest BCUT2D eigenvalue weighted by Gasteiger charge is -2.37. The molecule has 0 radical (unpaired) electrons. The first-order chi connectivity index (χ1) is 7.89. The van der Waals surface area contributed by atoms with Crippen LogP contribution in [0.15, 0.2) is 0 Å². The summed E-state index contributed by atoms with van der Waals surface area (Å²) in [6, 6.07) is 0. The van der Waals surface area contributed by atoms with Crippen LogP contribution in [0.5, 0.6) is 11.5 Å². The molecule has 0 unspecified atom stereocenters. The maximum atomic E-state index is 10.1. The molecule has 0 aromatic heterocycles. The highest BCUT2D eigenvalue weighted by molar-refractivity contribution is 5.58. The Morgan fingerprint density at radius 1 is 1.18 bits per heavy atom. The lowest BCUT2D eigenvalue weighted by Crippen LogP contribution is -2.36. The van der Waals surface area contributed by atoms with E-state index in [9.17, 15) is 5.11 Å². The Morgan fingerprint density at radius 2 is 1.82 bits per heavy atom. The van der Waals surface area contributed by atoms with E-state index in [1.165, 1.54) is 5.56 Å². The quantitative estimate of drug-likeness (QED) is 0.800. The third-order valence-corrected chi connectivity index (χ3v) is 4.34. The van der Waals surface area contributed by atoms with Gasteiger partial charge in [-0.25, -0.2) is 0 Å². The first-order valence-electron chi connectivity index (χ1n) is 6.40. The van der Waals surface area contributed by atoms with E-state index < -0.39 is 0 Å². The molecule has 2 rings (SSSR count). The lowest BCUT2D eigenvalue weighted by molar-refractivity contribution is 0.0598. The normalized spacial score (nSPS) is 23.1. The summed E-state index contributed by atoms with van der Waals surface area (Å²) in [7, 11) is 0. The monoisotopic (exact) mass is 234 g/mol. The second-order valence-corrected chi connectivity index (χ2v) is 5.44. The molecule has 0 saturated heterocycles. The van der Waals surface area contributed by atoms with Crippen molar-refractivity contribution in [1.29, 1.82) is 0 Å². The third-order valence-electron chi connectivity index (χ3n) is 4.34. The minimum absolute atomic E-state index is 0.0480. The maximum Gasteiger partial charge on any atom is 0.127 e. The molecule has 1 aromatic carbocycles. The van der Waals surface area contributed by atoms with Crippen molar-refractivity contribution in [1.82, 2.24) is 0 Å². The summed E-state index contributed by atoms with van der Waals surface area (Å²) >= 11 is 0. The smallest absolute Gasteiger partial charge is 0.127 e. The molecule has 0 saturated carbocycles. The van der Waals surface area contributed by atoms with E-state index in [4.69, 9.17) is 4.74 Å². The van der Waals surface area contributed by atoms with E-state index in [-0.39, 0.29) is 5.60 Å². The first kappa shape index (κ1) is 12.3. The zero-order valence-electron chi connectivity index (χ0n) is 11.5. The SMILES string of the molecule is CC[C@]1(C)CCc2c(C)c(O)c(C)c(C)c2O1. The van der Waals surface area contributed by atoms with Crippen molar-refractivity contribution in [2.24, 2.45) is 0 Å². The van der Waals surface area contributed by atoms with Crippen LogP contribution in [-0.2, 0) is 6.42 Å². The summed E-state index contributed by atoms with van der Waals surface area (Å²) in [5.74, 6) is 1.44. The van der Waals surface area contributed by atoms with E-state index in [0.29, 0.717) is 5.75 Å². The number of hydrogen-bond acceptors (Lipinski definition) is 2. The molecule has 2 heteroatoms. The van der Waals surface area contributed by atoms with Crippen molar-refractivity contribution in [3.8, 4) is 11.5 Å². The highest BCUT2D eigenvalue weighted by atomic mass is 16.5. The van der Waals surface area contributed by atoms with Crippen LogP contribution in [0, 0.1) is 20.8 Å².